The fourth-order valence-corrected chi connectivity index (χ4v) is 3.86. The minimum atomic E-state index is -0.939. The van der Waals surface area contributed by atoms with Gasteiger partial charge in [-0.25, -0.2) is 4.79 Å². The zero-order valence-corrected chi connectivity index (χ0v) is 18.5. The molecule has 2 heterocycles. The van der Waals surface area contributed by atoms with Crippen LogP contribution in [-0.4, -0.2) is 66.1 Å². The summed E-state index contributed by atoms with van der Waals surface area (Å²) in [7, 11) is 0. The van der Waals surface area contributed by atoms with Crippen molar-refractivity contribution in [2.45, 2.75) is 64.9 Å². The number of nitrogens with zero attached hydrogens (tertiary/aromatic N) is 1. The quantitative estimate of drug-likeness (QED) is 0.487. The third-order valence-corrected chi connectivity index (χ3v) is 6.04. The topological polar surface area (TPSA) is 88.1 Å². The molecule has 0 spiro atoms. The molecule has 2 N–H and O–H groups in total. The molecule has 1 unspecified atom stereocenters. The second-order valence-electron chi connectivity index (χ2n) is 8.45. The first-order valence-corrected chi connectivity index (χ1v) is 10.7. The Morgan fingerprint density at radius 3 is 2.77 bits per heavy atom. The predicted molar refractivity (Wildman–Crippen MR) is 116 cm³/mol. The molecule has 0 radical (unpaired) electrons. The maximum Gasteiger partial charge on any atom is 0.407 e. The van der Waals surface area contributed by atoms with E-state index in [1.165, 1.54) is 11.0 Å². The number of hydrogen-bond donors (Lipinski definition) is 2. The summed E-state index contributed by atoms with van der Waals surface area (Å²) in [6.45, 7) is 12.9. The van der Waals surface area contributed by atoms with Gasteiger partial charge in [0.2, 0.25) is 5.91 Å². The molecule has 2 aliphatic rings. The van der Waals surface area contributed by atoms with Gasteiger partial charge in [-0.15, -0.1) is 0 Å². The van der Waals surface area contributed by atoms with Crippen molar-refractivity contribution in [1.29, 1.82) is 0 Å². The van der Waals surface area contributed by atoms with Gasteiger partial charge in [0.1, 0.15) is 0 Å². The summed E-state index contributed by atoms with van der Waals surface area (Å²) in [6.07, 6.45) is 7.88. The number of morpholine rings is 1. The molecule has 0 bridgehead atoms. The Hall–Kier alpha value is -2.12. The predicted octanol–water partition coefficient (Wildman–Crippen LogP) is 3.38. The number of amides is 2. The summed E-state index contributed by atoms with van der Waals surface area (Å²) in [4.78, 5) is 24.9. The molecule has 2 aliphatic heterocycles. The number of carbonyl (C=O) groups is 2. The van der Waals surface area contributed by atoms with Crippen LogP contribution in [0.25, 0.3) is 0 Å². The lowest BCUT2D eigenvalue weighted by Crippen LogP contribution is -2.50. The van der Waals surface area contributed by atoms with Crippen LogP contribution in [0.2, 0.25) is 0 Å². The van der Waals surface area contributed by atoms with Gasteiger partial charge in [0.15, 0.2) is 0 Å². The van der Waals surface area contributed by atoms with Gasteiger partial charge in [-0.2, -0.15) is 0 Å². The summed E-state index contributed by atoms with van der Waals surface area (Å²) in [5, 5.41) is 12.2. The first-order valence-electron chi connectivity index (χ1n) is 10.7. The Labute approximate surface area is 179 Å². The van der Waals surface area contributed by atoms with E-state index in [4.69, 9.17) is 14.6 Å². The van der Waals surface area contributed by atoms with Crippen molar-refractivity contribution in [2.75, 3.05) is 19.7 Å². The van der Waals surface area contributed by atoms with Crippen LogP contribution >= 0.6 is 0 Å². The number of nitrogens with one attached hydrogen (secondary N) is 1. The van der Waals surface area contributed by atoms with Crippen molar-refractivity contribution in [3.05, 3.63) is 36.5 Å². The van der Waals surface area contributed by atoms with E-state index >= 15 is 0 Å². The highest BCUT2D eigenvalue weighted by atomic mass is 16.5. The van der Waals surface area contributed by atoms with Crippen LogP contribution in [0.15, 0.2) is 36.5 Å². The van der Waals surface area contributed by atoms with Gasteiger partial charge in [0.05, 0.1) is 37.5 Å². The Balaban J connectivity index is 1.84. The summed E-state index contributed by atoms with van der Waals surface area (Å²) < 4.78 is 11.8. The van der Waals surface area contributed by atoms with Gasteiger partial charge in [0.25, 0.3) is 0 Å². The van der Waals surface area contributed by atoms with E-state index < -0.39 is 6.09 Å². The lowest BCUT2D eigenvalue weighted by atomic mass is 9.88. The van der Waals surface area contributed by atoms with E-state index in [1.807, 2.05) is 26.8 Å². The van der Waals surface area contributed by atoms with Crippen molar-refractivity contribution in [3.63, 3.8) is 0 Å². The minimum Gasteiger partial charge on any atom is -0.465 e. The summed E-state index contributed by atoms with van der Waals surface area (Å²) in [5.41, 5.74) is 1.14. The van der Waals surface area contributed by atoms with E-state index in [1.54, 1.807) is 6.08 Å². The molecule has 0 aromatic carbocycles. The Bertz CT molecular complexity index is 675. The molecule has 2 fully saturated rings. The van der Waals surface area contributed by atoms with E-state index in [-0.39, 0.29) is 36.2 Å². The molecular weight excluding hydrogens is 384 g/mol. The normalized spacial score (nSPS) is 31.4. The van der Waals surface area contributed by atoms with E-state index in [2.05, 4.69) is 24.9 Å². The number of rotatable bonds is 7. The van der Waals surface area contributed by atoms with Crippen molar-refractivity contribution < 1.29 is 24.2 Å². The lowest BCUT2D eigenvalue weighted by Gasteiger charge is -2.39. The van der Waals surface area contributed by atoms with Crippen molar-refractivity contribution >= 4 is 12.0 Å². The third-order valence-electron chi connectivity index (χ3n) is 6.04. The fraction of sp³-hybridized carbons (Fsp3) is 0.652. The lowest BCUT2D eigenvalue weighted by molar-refractivity contribution is -0.123. The molecule has 2 saturated heterocycles. The van der Waals surface area contributed by atoms with E-state index in [9.17, 15) is 9.59 Å². The highest BCUT2D eigenvalue weighted by Crippen LogP contribution is 2.28. The molecule has 0 aromatic rings. The minimum absolute atomic E-state index is 0.0402. The molecule has 0 aromatic heterocycles. The summed E-state index contributed by atoms with van der Waals surface area (Å²) in [5.74, 6) is 0.100. The molecule has 7 nitrogen and oxygen atoms in total. The van der Waals surface area contributed by atoms with E-state index in [0.717, 1.165) is 18.4 Å². The molecule has 168 valence electrons. The number of allylic oxidation sites excluding steroid dienone is 2. The van der Waals surface area contributed by atoms with Gasteiger partial charge < -0.3 is 24.8 Å². The largest absolute Gasteiger partial charge is 0.465 e. The van der Waals surface area contributed by atoms with Crippen LogP contribution in [0.1, 0.15) is 40.5 Å². The van der Waals surface area contributed by atoms with Crippen LogP contribution in [0.5, 0.6) is 0 Å². The molecule has 6 atom stereocenters. The SMILES string of the molecule is C=C/C(C)=C/C[C@@H]1O[C@H](C)[C@H](NC(=O)/C=C\C(C)[C@H]2CN(C(=O)O)CCO2)C[C@@H]1C. The molecule has 0 saturated carbocycles. The average Bonchev–Trinajstić information content (AvgIpc) is 2.73. The highest BCUT2D eigenvalue weighted by molar-refractivity contribution is 5.87. The van der Waals surface area contributed by atoms with Gasteiger partial charge >= 0.3 is 6.09 Å². The summed E-state index contributed by atoms with van der Waals surface area (Å²) in [6, 6.07) is -0.0402. The van der Waals surface area contributed by atoms with Crippen LogP contribution in [-0.2, 0) is 14.3 Å². The maximum absolute atomic E-state index is 12.4. The number of hydrogen-bond acceptors (Lipinski definition) is 4. The standard InChI is InChI=1S/C23H36N2O5/c1-6-15(2)7-9-20-17(4)13-19(18(5)30-20)24-22(26)10-8-16(3)21-14-25(23(27)28)11-12-29-21/h6-8,10,16-21H,1,9,11-14H2,2-5H3,(H,24,26)(H,27,28)/b10-8-,15-7+/t16?,17-,18+,19+,20-,21+/m0/s1. The fourth-order valence-electron chi connectivity index (χ4n) is 3.86. The first kappa shape index (κ1) is 24.2. The smallest absolute Gasteiger partial charge is 0.407 e. The molecule has 0 aliphatic carbocycles. The maximum atomic E-state index is 12.4. The second kappa shape index (κ2) is 11.3. The molecule has 30 heavy (non-hydrogen) atoms. The highest BCUT2D eigenvalue weighted by Gasteiger charge is 2.33. The number of carbonyl (C=O) groups excluding carboxylic acids is 1. The Kier molecular flexibility index (Phi) is 9.11. The van der Waals surface area contributed by atoms with Gasteiger partial charge in [-0.3, -0.25) is 4.79 Å². The van der Waals surface area contributed by atoms with Crippen LogP contribution in [0.4, 0.5) is 4.79 Å². The second-order valence-corrected chi connectivity index (χ2v) is 8.45. The van der Waals surface area contributed by atoms with Crippen LogP contribution < -0.4 is 5.32 Å². The van der Waals surface area contributed by atoms with Crippen LogP contribution in [0, 0.1) is 11.8 Å². The Morgan fingerprint density at radius 1 is 1.37 bits per heavy atom. The van der Waals surface area contributed by atoms with Gasteiger partial charge in [-0.05, 0) is 38.7 Å². The van der Waals surface area contributed by atoms with Gasteiger partial charge in [-0.1, -0.05) is 44.2 Å². The molecular formula is C23H36N2O5. The molecule has 2 amide bonds. The van der Waals surface area contributed by atoms with Crippen molar-refractivity contribution in [3.8, 4) is 0 Å². The van der Waals surface area contributed by atoms with Gasteiger partial charge in [0, 0.05) is 12.5 Å². The van der Waals surface area contributed by atoms with Crippen molar-refractivity contribution in [1.82, 2.24) is 10.2 Å². The van der Waals surface area contributed by atoms with Crippen LogP contribution in [0.3, 0.4) is 0 Å². The van der Waals surface area contributed by atoms with Crippen molar-refractivity contribution in [2.24, 2.45) is 11.8 Å². The third kappa shape index (κ3) is 6.99. The number of ether oxygens (including phenoxy) is 2. The zero-order valence-electron chi connectivity index (χ0n) is 18.5. The molecule has 7 heteroatoms. The summed E-state index contributed by atoms with van der Waals surface area (Å²) >= 11 is 0. The Morgan fingerprint density at radius 2 is 2.10 bits per heavy atom. The van der Waals surface area contributed by atoms with E-state index in [0.29, 0.717) is 25.6 Å². The molecule has 2 rings (SSSR count). The average molecular weight is 421 g/mol. The zero-order chi connectivity index (χ0) is 22.3. The number of carboxylic acid groups (broad SMARTS) is 1. The first-order chi connectivity index (χ1) is 14.2. The monoisotopic (exact) mass is 420 g/mol.